The van der Waals surface area contributed by atoms with Gasteiger partial charge in [-0.1, -0.05) is 29.8 Å². The summed E-state index contributed by atoms with van der Waals surface area (Å²) in [5.41, 5.74) is 2.37. The molecule has 6 nitrogen and oxygen atoms in total. The van der Waals surface area contributed by atoms with Crippen LogP contribution in [0.3, 0.4) is 0 Å². The number of amides is 3. The lowest BCUT2D eigenvalue weighted by atomic mass is 9.49. The molecule has 5 fully saturated rings. The minimum absolute atomic E-state index is 0.0177. The fourth-order valence-corrected chi connectivity index (χ4v) is 7.50. The van der Waals surface area contributed by atoms with Crippen LogP contribution in [0.1, 0.15) is 55.7 Å². The summed E-state index contributed by atoms with van der Waals surface area (Å²) in [6, 6.07) is 8.63. The van der Waals surface area contributed by atoms with Crippen molar-refractivity contribution in [1.82, 2.24) is 20.0 Å². The molecular weight excluding hydrogens is 412 g/mol. The number of nitrogens with one attached hydrogen (secondary N) is 1. The fourth-order valence-electron chi connectivity index (χ4n) is 7.50. The minimum Gasteiger partial charge on any atom is -0.339 e. The molecule has 3 amide bonds. The van der Waals surface area contributed by atoms with E-state index >= 15 is 0 Å². The van der Waals surface area contributed by atoms with Crippen LogP contribution in [-0.4, -0.2) is 73.5 Å². The van der Waals surface area contributed by atoms with E-state index in [0.29, 0.717) is 38.6 Å². The highest BCUT2D eigenvalue weighted by Crippen LogP contribution is 2.60. The molecule has 1 saturated heterocycles. The van der Waals surface area contributed by atoms with Gasteiger partial charge in [0.25, 0.3) is 0 Å². The van der Waals surface area contributed by atoms with Gasteiger partial charge in [-0.15, -0.1) is 0 Å². The summed E-state index contributed by atoms with van der Waals surface area (Å²) >= 11 is 0. The van der Waals surface area contributed by atoms with Gasteiger partial charge in [-0.25, -0.2) is 4.79 Å². The Hall–Kier alpha value is -2.08. The van der Waals surface area contributed by atoms with Gasteiger partial charge in [-0.2, -0.15) is 0 Å². The molecule has 1 unspecified atom stereocenters. The molecule has 4 saturated carbocycles. The molecule has 1 atom stereocenters. The number of hydrogen-bond acceptors (Lipinski definition) is 3. The highest BCUT2D eigenvalue weighted by Gasteiger charge is 2.55. The number of carbonyl (C=O) groups is 2. The van der Waals surface area contributed by atoms with Crippen molar-refractivity contribution in [2.75, 3.05) is 46.8 Å². The van der Waals surface area contributed by atoms with Crippen LogP contribution in [0.4, 0.5) is 4.79 Å². The van der Waals surface area contributed by atoms with E-state index in [9.17, 15) is 9.59 Å². The van der Waals surface area contributed by atoms with E-state index in [-0.39, 0.29) is 17.5 Å². The Morgan fingerprint density at radius 1 is 0.939 bits per heavy atom. The Kier molecular flexibility index (Phi) is 6.15. The van der Waals surface area contributed by atoms with Crippen LogP contribution < -0.4 is 5.32 Å². The largest absolute Gasteiger partial charge is 0.339 e. The molecule has 1 aromatic carbocycles. The first kappa shape index (κ1) is 22.7. The number of carbonyl (C=O) groups excluding carboxylic acids is 2. The number of rotatable bonds is 5. The van der Waals surface area contributed by atoms with Crippen LogP contribution in [0.2, 0.25) is 0 Å². The van der Waals surface area contributed by atoms with Gasteiger partial charge in [-0.05, 0) is 82.9 Å². The van der Waals surface area contributed by atoms with Gasteiger partial charge in [0.1, 0.15) is 0 Å². The molecule has 33 heavy (non-hydrogen) atoms. The smallest absolute Gasteiger partial charge is 0.317 e. The van der Waals surface area contributed by atoms with Crippen LogP contribution in [0, 0.1) is 30.1 Å². The van der Waals surface area contributed by atoms with E-state index in [4.69, 9.17) is 0 Å². The Labute approximate surface area is 198 Å². The lowest BCUT2D eigenvalue weighted by Crippen LogP contribution is -2.59. The summed E-state index contributed by atoms with van der Waals surface area (Å²) < 4.78 is 0. The molecule has 6 rings (SSSR count). The van der Waals surface area contributed by atoms with E-state index < -0.39 is 0 Å². The van der Waals surface area contributed by atoms with E-state index in [1.165, 1.54) is 30.4 Å². The third-order valence-electron chi connectivity index (χ3n) is 8.88. The molecular formula is C27H40N4O2. The molecule has 6 heteroatoms. The van der Waals surface area contributed by atoms with E-state index in [0.717, 1.165) is 37.0 Å². The third-order valence-corrected chi connectivity index (χ3v) is 8.88. The van der Waals surface area contributed by atoms with Gasteiger partial charge >= 0.3 is 6.03 Å². The lowest BCUT2D eigenvalue weighted by Gasteiger charge is -2.57. The number of aryl methyl sites for hydroxylation is 1. The quantitative estimate of drug-likeness (QED) is 0.742. The van der Waals surface area contributed by atoms with E-state index in [1.807, 2.05) is 19.0 Å². The van der Waals surface area contributed by atoms with Gasteiger partial charge < -0.3 is 20.0 Å². The molecule has 1 heterocycles. The lowest BCUT2D eigenvalue weighted by molar-refractivity contribution is -0.159. The van der Waals surface area contributed by atoms with Crippen LogP contribution in [0.5, 0.6) is 0 Å². The summed E-state index contributed by atoms with van der Waals surface area (Å²) in [5, 5.41) is 3.14. The van der Waals surface area contributed by atoms with Gasteiger partial charge in [0, 0.05) is 32.7 Å². The number of hydrogen-bond donors (Lipinski definition) is 1. The summed E-state index contributed by atoms with van der Waals surface area (Å²) in [6.07, 6.45) is 7.42. The predicted molar refractivity (Wildman–Crippen MR) is 130 cm³/mol. The zero-order valence-corrected chi connectivity index (χ0v) is 20.6. The number of piperazine rings is 1. The molecule has 4 bridgehead atoms. The molecule has 180 valence electrons. The Bertz CT molecular complexity index is 837. The van der Waals surface area contributed by atoms with Gasteiger partial charge in [-0.3, -0.25) is 4.79 Å². The van der Waals surface area contributed by atoms with Crippen molar-refractivity contribution in [2.45, 2.75) is 51.5 Å². The van der Waals surface area contributed by atoms with Gasteiger partial charge in [0.05, 0.1) is 11.5 Å². The molecule has 1 aliphatic heterocycles. The SMILES string of the molecule is Cc1ccc(C(CNC(=O)N2CCN(C(=O)C34CC5CC(CC(C5)C3)C4)CC2)N(C)C)cc1. The molecule has 1 N–H and O–H groups in total. The zero-order chi connectivity index (χ0) is 23.2. The first-order valence-electron chi connectivity index (χ1n) is 12.9. The Morgan fingerprint density at radius 2 is 1.45 bits per heavy atom. The average molecular weight is 453 g/mol. The summed E-state index contributed by atoms with van der Waals surface area (Å²) in [5.74, 6) is 2.75. The van der Waals surface area contributed by atoms with Crippen molar-refractivity contribution in [3.05, 3.63) is 35.4 Å². The summed E-state index contributed by atoms with van der Waals surface area (Å²) in [6.45, 7) is 5.25. The maximum atomic E-state index is 13.6. The number of benzene rings is 1. The highest BCUT2D eigenvalue weighted by atomic mass is 16.2. The van der Waals surface area contributed by atoms with Crippen molar-refractivity contribution in [1.29, 1.82) is 0 Å². The zero-order valence-electron chi connectivity index (χ0n) is 20.6. The average Bonchev–Trinajstić information content (AvgIpc) is 2.79. The predicted octanol–water partition coefficient (Wildman–Crippen LogP) is 3.67. The van der Waals surface area contributed by atoms with Crippen LogP contribution in [-0.2, 0) is 4.79 Å². The van der Waals surface area contributed by atoms with Crippen LogP contribution >= 0.6 is 0 Å². The molecule has 0 aromatic heterocycles. The Balaban J connectivity index is 1.14. The van der Waals surface area contributed by atoms with Crippen molar-refractivity contribution in [2.24, 2.45) is 23.2 Å². The summed E-state index contributed by atoms with van der Waals surface area (Å²) in [4.78, 5) is 32.6. The van der Waals surface area contributed by atoms with Crippen molar-refractivity contribution < 1.29 is 9.59 Å². The van der Waals surface area contributed by atoms with Crippen molar-refractivity contribution in [3.8, 4) is 0 Å². The first-order valence-corrected chi connectivity index (χ1v) is 12.9. The van der Waals surface area contributed by atoms with Crippen LogP contribution in [0.15, 0.2) is 24.3 Å². The van der Waals surface area contributed by atoms with Crippen molar-refractivity contribution >= 4 is 11.9 Å². The standard InChI is InChI=1S/C27H40N4O2/c1-19-4-6-23(7-5-19)24(29(2)3)18-28-26(33)31-10-8-30(9-11-31)25(32)27-15-20-12-21(16-27)14-22(13-20)17-27/h4-7,20-22,24H,8-18H2,1-3H3,(H,28,33). The van der Waals surface area contributed by atoms with Gasteiger partial charge in [0.15, 0.2) is 0 Å². The number of nitrogens with zero attached hydrogens (tertiary/aromatic N) is 3. The topological polar surface area (TPSA) is 55.9 Å². The fraction of sp³-hybridized carbons (Fsp3) is 0.704. The minimum atomic E-state index is -0.0772. The van der Waals surface area contributed by atoms with Crippen molar-refractivity contribution in [3.63, 3.8) is 0 Å². The van der Waals surface area contributed by atoms with E-state index in [2.05, 4.69) is 46.3 Å². The molecule has 0 radical (unpaired) electrons. The molecule has 1 aromatic rings. The molecule has 4 aliphatic carbocycles. The summed E-state index contributed by atoms with van der Waals surface area (Å²) in [7, 11) is 4.09. The first-order chi connectivity index (χ1) is 15.8. The van der Waals surface area contributed by atoms with Gasteiger partial charge in [0.2, 0.25) is 5.91 Å². The maximum Gasteiger partial charge on any atom is 0.317 e. The third kappa shape index (κ3) is 4.51. The van der Waals surface area contributed by atoms with E-state index in [1.54, 1.807) is 0 Å². The monoisotopic (exact) mass is 452 g/mol. The number of urea groups is 1. The second-order valence-electron chi connectivity index (χ2n) is 11.6. The Morgan fingerprint density at radius 3 is 1.97 bits per heavy atom. The number of likely N-dealkylation sites (N-methyl/N-ethyl adjacent to an activating group) is 1. The normalized spacial score (nSPS) is 31.7. The molecule has 5 aliphatic rings. The second kappa shape index (κ2) is 8.94. The molecule has 0 spiro atoms. The second-order valence-corrected chi connectivity index (χ2v) is 11.6. The van der Waals surface area contributed by atoms with Crippen LogP contribution in [0.25, 0.3) is 0 Å². The highest BCUT2D eigenvalue weighted by molar-refractivity contribution is 5.84. The maximum absolute atomic E-state index is 13.6.